The van der Waals surface area contributed by atoms with Crippen molar-refractivity contribution in [3.8, 4) is 0 Å². The quantitative estimate of drug-likeness (QED) is 0.827. The molecule has 0 atom stereocenters. The molecule has 0 aliphatic heterocycles. The van der Waals surface area contributed by atoms with Crippen LogP contribution in [0.3, 0.4) is 0 Å². The normalized spacial score (nSPS) is 10.0. The van der Waals surface area contributed by atoms with Crippen LogP contribution in [0.4, 0.5) is 11.5 Å². The first-order chi connectivity index (χ1) is 10.1. The van der Waals surface area contributed by atoms with Gasteiger partial charge in [-0.15, -0.1) is 6.58 Å². The SMILES string of the molecule is C=CCNC(=O)c1cc(Nc2c(Cl)cccc2Cl)ncn1. The van der Waals surface area contributed by atoms with E-state index in [1.165, 1.54) is 12.4 Å². The highest BCUT2D eigenvalue weighted by molar-refractivity contribution is 6.39. The molecule has 2 rings (SSSR count). The molecule has 1 amide bonds. The number of nitrogens with one attached hydrogen (secondary N) is 2. The summed E-state index contributed by atoms with van der Waals surface area (Å²) in [5.74, 6) is 0.106. The molecule has 2 N–H and O–H groups in total. The number of nitrogens with zero attached hydrogens (tertiary/aromatic N) is 2. The van der Waals surface area contributed by atoms with E-state index in [0.29, 0.717) is 28.1 Å². The van der Waals surface area contributed by atoms with Crippen LogP contribution in [0.1, 0.15) is 10.5 Å². The smallest absolute Gasteiger partial charge is 0.270 e. The number of benzene rings is 1. The van der Waals surface area contributed by atoms with Gasteiger partial charge in [-0.25, -0.2) is 9.97 Å². The lowest BCUT2D eigenvalue weighted by Gasteiger charge is -2.10. The molecule has 1 heterocycles. The van der Waals surface area contributed by atoms with Gasteiger partial charge < -0.3 is 10.6 Å². The summed E-state index contributed by atoms with van der Waals surface area (Å²) >= 11 is 12.1. The van der Waals surface area contributed by atoms with Gasteiger partial charge in [0, 0.05) is 12.6 Å². The Morgan fingerprint density at radius 1 is 1.29 bits per heavy atom. The Kier molecular flexibility index (Phi) is 5.14. The molecule has 0 saturated heterocycles. The number of aromatic nitrogens is 2. The van der Waals surface area contributed by atoms with Gasteiger partial charge in [0.15, 0.2) is 0 Å². The second kappa shape index (κ2) is 7.06. The predicted octanol–water partition coefficient (Wildman–Crippen LogP) is 3.44. The highest BCUT2D eigenvalue weighted by Gasteiger charge is 2.10. The molecular weight excluding hydrogens is 311 g/mol. The van der Waals surface area contributed by atoms with Crippen molar-refractivity contribution in [1.29, 1.82) is 0 Å². The van der Waals surface area contributed by atoms with E-state index < -0.39 is 0 Å². The molecule has 0 saturated carbocycles. The van der Waals surface area contributed by atoms with Gasteiger partial charge in [-0.2, -0.15) is 0 Å². The van der Waals surface area contributed by atoms with Gasteiger partial charge in [0.05, 0.1) is 15.7 Å². The zero-order valence-electron chi connectivity index (χ0n) is 10.9. The van der Waals surface area contributed by atoms with Gasteiger partial charge in [-0.05, 0) is 12.1 Å². The van der Waals surface area contributed by atoms with E-state index in [-0.39, 0.29) is 11.6 Å². The van der Waals surface area contributed by atoms with Crippen LogP contribution < -0.4 is 10.6 Å². The Labute approximate surface area is 132 Å². The average molecular weight is 323 g/mol. The molecule has 0 spiro atoms. The summed E-state index contributed by atoms with van der Waals surface area (Å²) < 4.78 is 0. The van der Waals surface area contributed by atoms with Crippen LogP contribution in [-0.4, -0.2) is 22.4 Å². The van der Waals surface area contributed by atoms with Crippen molar-refractivity contribution in [2.75, 3.05) is 11.9 Å². The Balaban J connectivity index is 2.22. The molecule has 0 radical (unpaired) electrons. The Bertz CT molecular complexity index is 656. The number of carbonyl (C=O) groups is 1. The van der Waals surface area contributed by atoms with Crippen molar-refractivity contribution in [1.82, 2.24) is 15.3 Å². The number of hydrogen-bond acceptors (Lipinski definition) is 4. The first kappa shape index (κ1) is 15.3. The van der Waals surface area contributed by atoms with E-state index in [0.717, 1.165) is 0 Å². The van der Waals surface area contributed by atoms with Gasteiger partial charge in [0.1, 0.15) is 17.8 Å². The first-order valence-corrected chi connectivity index (χ1v) is 6.79. The number of hydrogen-bond donors (Lipinski definition) is 2. The predicted molar refractivity (Wildman–Crippen MR) is 84.3 cm³/mol. The van der Waals surface area contributed by atoms with E-state index >= 15 is 0 Å². The molecule has 108 valence electrons. The largest absolute Gasteiger partial charge is 0.347 e. The first-order valence-electron chi connectivity index (χ1n) is 6.04. The highest BCUT2D eigenvalue weighted by Crippen LogP contribution is 2.31. The molecule has 2 aromatic rings. The molecule has 1 aromatic heterocycles. The minimum Gasteiger partial charge on any atom is -0.347 e. The van der Waals surface area contributed by atoms with Crippen molar-refractivity contribution in [3.05, 3.63) is 59.0 Å². The lowest BCUT2D eigenvalue weighted by molar-refractivity contribution is 0.0953. The summed E-state index contributed by atoms with van der Waals surface area (Å²) in [6.07, 6.45) is 2.87. The fourth-order valence-electron chi connectivity index (χ4n) is 1.55. The van der Waals surface area contributed by atoms with Crippen LogP contribution in [0, 0.1) is 0 Å². The number of para-hydroxylation sites is 1. The summed E-state index contributed by atoms with van der Waals surface area (Å²) in [5.41, 5.74) is 0.759. The van der Waals surface area contributed by atoms with Crippen molar-refractivity contribution in [2.45, 2.75) is 0 Å². The van der Waals surface area contributed by atoms with Gasteiger partial charge in [0.25, 0.3) is 5.91 Å². The van der Waals surface area contributed by atoms with E-state index in [2.05, 4.69) is 27.2 Å². The standard InChI is InChI=1S/C14H12Cl2N4O/c1-2-6-17-14(21)11-7-12(19-8-18-11)20-13-9(15)4-3-5-10(13)16/h2-5,7-8H,1,6H2,(H,17,21)(H,18,19,20). The van der Waals surface area contributed by atoms with Gasteiger partial charge in [-0.1, -0.05) is 35.3 Å². The van der Waals surface area contributed by atoms with Crippen molar-refractivity contribution in [2.24, 2.45) is 0 Å². The second-order valence-electron chi connectivity index (χ2n) is 4.01. The molecule has 5 nitrogen and oxygen atoms in total. The highest BCUT2D eigenvalue weighted by atomic mass is 35.5. The molecule has 0 aliphatic rings. The zero-order valence-corrected chi connectivity index (χ0v) is 12.4. The topological polar surface area (TPSA) is 66.9 Å². The minimum absolute atomic E-state index is 0.234. The van der Waals surface area contributed by atoms with Crippen LogP contribution in [0.15, 0.2) is 43.2 Å². The lowest BCUT2D eigenvalue weighted by Crippen LogP contribution is -2.24. The maximum absolute atomic E-state index is 11.8. The zero-order chi connectivity index (χ0) is 15.2. The van der Waals surface area contributed by atoms with Crippen LogP contribution >= 0.6 is 23.2 Å². The molecule has 0 unspecified atom stereocenters. The maximum Gasteiger partial charge on any atom is 0.270 e. The summed E-state index contributed by atoms with van der Waals surface area (Å²) in [6, 6.07) is 6.66. The maximum atomic E-state index is 11.8. The number of amides is 1. The van der Waals surface area contributed by atoms with E-state index in [4.69, 9.17) is 23.2 Å². The summed E-state index contributed by atoms with van der Waals surface area (Å²) in [6.45, 7) is 3.89. The fraction of sp³-hybridized carbons (Fsp3) is 0.0714. The summed E-state index contributed by atoms with van der Waals surface area (Å²) in [5, 5.41) is 6.53. The van der Waals surface area contributed by atoms with Gasteiger partial charge >= 0.3 is 0 Å². The number of rotatable bonds is 5. The molecule has 21 heavy (non-hydrogen) atoms. The number of carbonyl (C=O) groups excluding carboxylic acids is 1. The van der Waals surface area contributed by atoms with Crippen LogP contribution in [0.5, 0.6) is 0 Å². The molecular formula is C14H12Cl2N4O. The second-order valence-corrected chi connectivity index (χ2v) is 4.82. The number of halogens is 2. The Morgan fingerprint density at radius 3 is 2.67 bits per heavy atom. The third-order valence-corrected chi connectivity index (χ3v) is 3.15. The molecule has 7 heteroatoms. The average Bonchev–Trinajstić information content (AvgIpc) is 2.49. The lowest BCUT2D eigenvalue weighted by atomic mass is 10.3. The Morgan fingerprint density at radius 2 is 2.00 bits per heavy atom. The molecule has 1 aromatic carbocycles. The van der Waals surface area contributed by atoms with Crippen molar-refractivity contribution in [3.63, 3.8) is 0 Å². The van der Waals surface area contributed by atoms with Crippen LogP contribution in [0.25, 0.3) is 0 Å². The fourth-order valence-corrected chi connectivity index (χ4v) is 2.04. The van der Waals surface area contributed by atoms with Gasteiger partial charge in [-0.3, -0.25) is 4.79 Å². The van der Waals surface area contributed by atoms with E-state index in [1.54, 1.807) is 24.3 Å². The summed E-state index contributed by atoms with van der Waals surface area (Å²) in [4.78, 5) is 19.8. The monoisotopic (exact) mass is 322 g/mol. The Hall–Kier alpha value is -2.11. The minimum atomic E-state index is -0.314. The van der Waals surface area contributed by atoms with Gasteiger partial charge in [0.2, 0.25) is 0 Å². The van der Waals surface area contributed by atoms with Crippen molar-refractivity contribution >= 4 is 40.6 Å². The van der Waals surface area contributed by atoms with E-state index in [9.17, 15) is 4.79 Å². The molecule has 0 aliphatic carbocycles. The molecule has 0 bridgehead atoms. The third kappa shape index (κ3) is 3.93. The van der Waals surface area contributed by atoms with E-state index in [1.807, 2.05) is 0 Å². The number of anilines is 2. The van der Waals surface area contributed by atoms with Crippen LogP contribution in [-0.2, 0) is 0 Å². The van der Waals surface area contributed by atoms with Crippen LogP contribution in [0.2, 0.25) is 10.0 Å². The van der Waals surface area contributed by atoms with Crippen molar-refractivity contribution < 1.29 is 4.79 Å². The third-order valence-electron chi connectivity index (χ3n) is 2.52. The summed E-state index contributed by atoms with van der Waals surface area (Å²) in [7, 11) is 0. The molecule has 0 fully saturated rings.